The molecule has 0 radical (unpaired) electrons. The summed E-state index contributed by atoms with van der Waals surface area (Å²) in [5, 5.41) is 22.4. The zero-order chi connectivity index (χ0) is 24.9. The van der Waals surface area contributed by atoms with Gasteiger partial charge in [0, 0.05) is 18.6 Å². The molecule has 2 aromatic heterocycles. The number of rotatable bonds is 6. The first-order valence-corrected chi connectivity index (χ1v) is 12.6. The van der Waals surface area contributed by atoms with Gasteiger partial charge in [0.1, 0.15) is 32.8 Å². The molecule has 17 heteroatoms. The van der Waals surface area contributed by atoms with Crippen molar-refractivity contribution in [2.75, 3.05) is 11.5 Å². The van der Waals surface area contributed by atoms with Crippen LogP contribution in [0.15, 0.2) is 15.6 Å². The Morgan fingerprint density at radius 1 is 1.35 bits per heavy atom. The molecule has 2 aliphatic rings. The van der Waals surface area contributed by atoms with E-state index in [1.165, 1.54) is 34.9 Å². The molecule has 0 aromatic carbocycles. The topological polar surface area (TPSA) is 130 Å². The number of fused-ring (bicyclic) bond motifs is 1. The van der Waals surface area contributed by atoms with Gasteiger partial charge in [0.25, 0.3) is 11.8 Å². The lowest BCUT2D eigenvalue weighted by atomic mass is 10.0. The summed E-state index contributed by atoms with van der Waals surface area (Å²) in [5.41, 5.74) is -1.64. The number of nitrogens with zero attached hydrogens (tertiary/aromatic N) is 5. The first-order chi connectivity index (χ1) is 15.9. The second-order valence-electron chi connectivity index (χ2n) is 7.13. The predicted octanol–water partition coefficient (Wildman–Crippen LogP) is 2.40. The van der Waals surface area contributed by atoms with Crippen molar-refractivity contribution in [1.29, 1.82) is 0 Å². The molecule has 182 valence electrons. The average molecular weight is 555 g/mol. The van der Waals surface area contributed by atoms with E-state index in [1.807, 2.05) is 0 Å². The van der Waals surface area contributed by atoms with Gasteiger partial charge in [0.05, 0.1) is 0 Å². The minimum Gasteiger partial charge on any atom is -0.477 e. The van der Waals surface area contributed by atoms with Gasteiger partial charge in [-0.05, 0) is 12.5 Å². The number of β-lactam (4-membered cyclic amide) rings is 1. The third kappa shape index (κ3) is 4.38. The number of amides is 2. The number of carbonyl (C=O) groups excluding carboxylic acids is 2. The molecule has 10 nitrogen and oxygen atoms in total. The fourth-order valence-electron chi connectivity index (χ4n) is 3.42. The Labute approximate surface area is 206 Å². The number of aryl methyl sites for hydroxylation is 2. The Morgan fingerprint density at radius 2 is 2.06 bits per heavy atom. The summed E-state index contributed by atoms with van der Waals surface area (Å²) in [6.07, 6.45) is -4.86. The van der Waals surface area contributed by atoms with E-state index in [1.54, 1.807) is 6.92 Å². The highest BCUT2D eigenvalue weighted by Crippen LogP contribution is 2.42. The maximum atomic E-state index is 13.0. The number of alkyl halides is 3. The third-order valence-corrected chi connectivity index (χ3v) is 8.64. The van der Waals surface area contributed by atoms with Crippen LogP contribution in [0, 0.1) is 6.92 Å². The standard InChI is InChI=1S/C17H14ClF3N6O4S3/c1-5-23-24-16(34-5)33-4-6-3-32-14-8(13(29)27(14)9(6)15(30)31)22-12(28)10-7(18)11(17(19,20)21)25-26(10)2/h8,14H,3-4H2,1-2H3,(H,22,28)(H,30,31)/t8-,14+/m0/s1. The van der Waals surface area contributed by atoms with Gasteiger partial charge < -0.3 is 10.4 Å². The Balaban J connectivity index is 1.51. The van der Waals surface area contributed by atoms with Gasteiger partial charge >= 0.3 is 12.1 Å². The van der Waals surface area contributed by atoms with Crippen LogP contribution >= 0.6 is 46.5 Å². The van der Waals surface area contributed by atoms with E-state index in [9.17, 15) is 32.7 Å². The number of hydrogen-bond donors (Lipinski definition) is 2. The summed E-state index contributed by atoms with van der Waals surface area (Å²) >= 11 is 9.63. The van der Waals surface area contributed by atoms with Crippen LogP contribution in [0.2, 0.25) is 5.02 Å². The zero-order valence-electron chi connectivity index (χ0n) is 17.2. The summed E-state index contributed by atoms with van der Waals surface area (Å²) in [6.45, 7) is 1.79. The van der Waals surface area contributed by atoms with Crippen molar-refractivity contribution in [3.05, 3.63) is 32.7 Å². The Kier molecular flexibility index (Phi) is 6.61. The maximum Gasteiger partial charge on any atom is 0.436 e. The van der Waals surface area contributed by atoms with Crippen molar-refractivity contribution in [3.8, 4) is 0 Å². The quantitative estimate of drug-likeness (QED) is 0.408. The second-order valence-corrected chi connectivity index (χ2v) is 11.0. The van der Waals surface area contributed by atoms with E-state index in [0.717, 1.165) is 17.0 Å². The van der Waals surface area contributed by atoms with Crippen molar-refractivity contribution in [1.82, 2.24) is 30.2 Å². The number of hydrogen-bond acceptors (Lipinski definition) is 9. The normalized spacial score (nSPS) is 20.3. The number of carboxylic acids is 1. The van der Waals surface area contributed by atoms with Gasteiger partial charge in [0.2, 0.25) is 0 Å². The summed E-state index contributed by atoms with van der Waals surface area (Å²) in [5.74, 6) is -2.45. The molecule has 0 saturated carbocycles. The molecular weight excluding hydrogens is 541 g/mol. The molecule has 34 heavy (non-hydrogen) atoms. The van der Waals surface area contributed by atoms with Crippen LogP contribution in [-0.4, -0.2) is 70.7 Å². The number of halogens is 4. The number of carboxylic acid groups (broad SMARTS) is 1. The molecule has 0 aliphatic carbocycles. The molecule has 2 amide bonds. The Morgan fingerprint density at radius 3 is 2.62 bits per heavy atom. The van der Waals surface area contributed by atoms with Crippen LogP contribution < -0.4 is 5.32 Å². The van der Waals surface area contributed by atoms with Crippen LogP contribution in [-0.2, 0) is 22.8 Å². The summed E-state index contributed by atoms with van der Waals surface area (Å²) in [6, 6.07) is -1.13. The molecule has 2 aromatic rings. The summed E-state index contributed by atoms with van der Waals surface area (Å²) in [4.78, 5) is 38.4. The van der Waals surface area contributed by atoms with Crippen LogP contribution in [0.1, 0.15) is 21.2 Å². The van der Waals surface area contributed by atoms with Crippen molar-refractivity contribution < 1.29 is 32.7 Å². The highest BCUT2D eigenvalue weighted by Gasteiger charge is 2.54. The first-order valence-electron chi connectivity index (χ1n) is 9.33. The van der Waals surface area contributed by atoms with E-state index in [2.05, 4.69) is 20.6 Å². The van der Waals surface area contributed by atoms with E-state index in [4.69, 9.17) is 11.6 Å². The molecule has 0 spiro atoms. The third-order valence-electron chi connectivity index (χ3n) is 4.89. The predicted molar refractivity (Wildman–Crippen MR) is 118 cm³/mol. The number of carbonyl (C=O) groups is 3. The zero-order valence-corrected chi connectivity index (χ0v) is 20.4. The summed E-state index contributed by atoms with van der Waals surface area (Å²) in [7, 11) is 1.12. The molecule has 4 rings (SSSR count). The fraction of sp³-hybridized carbons (Fsp3) is 0.412. The van der Waals surface area contributed by atoms with Gasteiger partial charge in [-0.15, -0.1) is 22.0 Å². The van der Waals surface area contributed by atoms with Crippen LogP contribution in [0.5, 0.6) is 0 Å². The van der Waals surface area contributed by atoms with E-state index >= 15 is 0 Å². The van der Waals surface area contributed by atoms with E-state index < -0.39 is 51.8 Å². The number of nitrogens with one attached hydrogen (secondary N) is 1. The number of thioether (sulfide) groups is 2. The summed E-state index contributed by atoms with van der Waals surface area (Å²) < 4.78 is 40.4. The molecule has 4 heterocycles. The largest absolute Gasteiger partial charge is 0.477 e. The van der Waals surface area contributed by atoms with Gasteiger partial charge in [0.15, 0.2) is 10.0 Å². The van der Waals surface area contributed by atoms with Crippen molar-refractivity contribution in [2.24, 2.45) is 7.05 Å². The molecule has 2 aliphatic heterocycles. The molecule has 1 fully saturated rings. The highest BCUT2D eigenvalue weighted by molar-refractivity contribution is 8.01. The van der Waals surface area contributed by atoms with Crippen molar-refractivity contribution in [2.45, 2.75) is 28.9 Å². The van der Waals surface area contributed by atoms with Crippen LogP contribution in [0.25, 0.3) is 0 Å². The van der Waals surface area contributed by atoms with Gasteiger partial charge in [-0.1, -0.05) is 34.7 Å². The van der Waals surface area contributed by atoms with Crippen LogP contribution in [0.4, 0.5) is 13.2 Å². The average Bonchev–Trinajstić information content (AvgIpc) is 3.31. The van der Waals surface area contributed by atoms with Gasteiger partial charge in [-0.25, -0.2) is 4.79 Å². The monoisotopic (exact) mass is 554 g/mol. The number of aromatic nitrogens is 4. The Bertz CT molecular complexity index is 1230. The SMILES string of the molecule is Cc1nnc(SCC2=C(C(=O)O)N3C(=O)[C@H](NC(=O)c4c(Cl)c(C(F)(F)F)nn4C)[C@H]3SC2)s1. The smallest absolute Gasteiger partial charge is 0.436 e. The van der Waals surface area contributed by atoms with E-state index in [-0.39, 0.29) is 17.2 Å². The fourth-order valence-corrected chi connectivity index (χ4v) is 7.07. The lowest BCUT2D eigenvalue weighted by Gasteiger charge is -2.49. The number of aliphatic carboxylic acids is 1. The lowest BCUT2D eigenvalue weighted by Crippen LogP contribution is -2.70. The molecule has 0 bridgehead atoms. The van der Waals surface area contributed by atoms with Crippen LogP contribution in [0.3, 0.4) is 0 Å². The molecular formula is C17H14ClF3N6O4S3. The molecule has 0 unspecified atom stereocenters. The van der Waals surface area contributed by atoms with E-state index in [0.29, 0.717) is 14.6 Å². The van der Waals surface area contributed by atoms with Gasteiger partial charge in [-0.2, -0.15) is 18.3 Å². The molecule has 1 saturated heterocycles. The first kappa shape index (κ1) is 24.8. The Hall–Kier alpha value is -2.30. The highest BCUT2D eigenvalue weighted by atomic mass is 35.5. The van der Waals surface area contributed by atoms with Crippen molar-refractivity contribution in [3.63, 3.8) is 0 Å². The second kappa shape index (κ2) is 9.05. The lowest BCUT2D eigenvalue weighted by molar-refractivity contribution is -0.148. The van der Waals surface area contributed by atoms with Crippen molar-refractivity contribution >= 4 is 64.2 Å². The van der Waals surface area contributed by atoms with Gasteiger partial charge in [-0.3, -0.25) is 19.2 Å². The minimum atomic E-state index is -4.86. The molecule has 2 N–H and O–H groups in total. The molecule has 2 atom stereocenters. The maximum absolute atomic E-state index is 13.0. The minimum absolute atomic E-state index is 0.175.